The number of allylic oxidation sites excluding steroid dienone is 4. The predicted molar refractivity (Wildman–Crippen MR) is 111 cm³/mol. The number of nitrogens with zero attached hydrogens (tertiary/aromatic N) is 1. The van der Waals surface area contributed by atoms with Crippen LogP contribution < -0.4 is 0 Å². The molecular formula is C24H28FNO3. The molecular weight excluding hydrogens is 369 g/mol. The first-order valence-electron chi connectivity index (χ1n) is 10.1. The molecule has 1 aliphatic heterocycles. The molecule has 1 aliphatic carbocycles. The van der Waals surface area contributed by atoms with Gasteiger partial charge in [0.05, 0.1) is 6.04 Å². The lowest BCUT2D eigenvalue weighted by Gasteiger charge is -2.25. The van der Waals surface area contributed by atoms with E-state index >= 15 is 0 Å². The summed E-state index contributed by atoms with van der Waals surface area (Å²) < 4.78 is 19.2. The molecule has 0 bridgehead atoms. The average Bonchev–Trinajstić information content (AvgIpc) is 3.06. The highest BCUT2D eigenvalue weighted by atomic mass is 19.1. The Hall–Kier alpha value is -2.69. The molecule has 29 heavy (non-hydrogen) atoms. The summed E-state index contributed by atoms with van der Waals surface area (Å²) in [5.74, 6) is -0.921. The van der Waals surface area contributed by atoms with Gasteiger partial charge in [-0.3, -0.25) is 4.79 Å². The Morgan fingerprint density at radius 3 is 2.69 bits per heavy atom. The lowest BCUT2D eigenvalue weighted by Crippen LogP contribution is -2.43. The fourth-order valence-electron chi connectivity index (χ4n) is 4.08. The minimum Gasteiger partial charge on any atom is -0.447 e. The molecule has 0 radical (unpaired) electrons. The van der Waals surface area contributed by atoms with Gasteiger partial charge in [-0.25, -0.2) is 14.1 Å². The molecule has 0 aromatic heterocycles. The van der Waals surface area contributed by atoms with Crippen LogP contribution in [0.1, 0.15) is 42.4 Å². The Kier molecular flexibility index (Phi) is 6.68. The van der Waals surface area contributed by atoms with Crippen molar-refractivity contribution >= 4 is 12.0 Å². The van der Waals surface area contributed by atoms with Crippen LogP contribution in [0, 0.1) is 25.6 Å². The number of rotatable bonds is 7. The number of ether oxygens (including phenoxy) is 1. The Morgan fingerprint density at radius 1 is 1.34 bits per heavy atom. The smallest absolute Gasteiger partial charge is 0.416 e. The van der Waals surface area contributed by atoms with Gasteiger partial charge in [0.25, 0.3) is 0 Å². The summed E-state index contributed by atoms with van der Waals surface area (Å²) >= 11 is 0. The van der Waals surface area contributed by atoms with Gasteiger partial charge in [0.2, 0.25) is 5.91 Å². The van der Waals surface area contributed by atoms with E-state index in [0.29, 0.717) is 30.4 Å². The molecule has 0 spiro atoms. The summed E-state index contributed by atoms with van der Waals surface area (Å²) in [6, 6.07) is 3.24. The van der Waals surface area contributed by atoms with Crippen LogP contribution in [-0.2, 0) is 16.0 Å². The van der Waals surface area contributed by atoms with Gasteiger partial charge in [-0.15, -0.1) is 6.58 Å². The quantitative estimate of drug-likeness (QED) is 0.595. The molecule has 154 valence electrons. The SMILES string of the molecule is C=CC[C@@H](Cc1cc(C)c(F)c(C)c1)C(=O)N1C(=O)OC[C@H]1CC1=CCCC=C1. The van der Waals surface area contributed by atoms with Crippen LogP contribution in [0.5, 0.6) is 0 Å². The third-order valence-electron chi connectivity index (χ3n) is 5.52. The molecule has 0 N–H and O–H groups in total. The lowest BCUT2D eigenvalue weighted by molar-refractivity contribution is -0.133. The molecule has 1 aromatic carbocycles. The zero-order valence-corrected chi connectivity index (χ0v) is 17.1. The van der Waals surface area contributed by atoms with Gasteiger partial charge in [-0.05, 0) is 62.6 Å². The maximum atomic E-state index is 14.0. The molecule has 0 unspecified atom stereocenters. The number of carbonyl (C=O) groups is 2. The minimum atomic E-state index is -0.582. The summed E-state index contributed by atoms with van der Waals surface area (Å²) in [7, 11) is 0. The van der Waals surface area contributed by atoms with Crippen molar-refractivity contribution in [3.63, 3.8) is 0 Å². The van der Waals surface area contributed by atoms with Gasteiger partial charge in [-0.2, -0.15) is 0 Å². The van der Waals surface area contributed by atoms with Crippen molar-refractivity contribution in [2.75, 3.05) is 6.61 Å². The second kappa shape index (κ2) is 9.21. The Labute approximate surface area is 171 Å². The molecule has 1 fully saturated rings. The van der Waals surface area contributed by atoms with Gasteiger partial charge in [0, 0.05) is 5.92 Å². The van der Waals surface area contributed by atoms with Crippen LogP contribution in [-0.4, -0.2) is 29.5 Å². The van der Waals surface area contributed by atoms with Crippen molar-refractivity contribution in [2.45, 2.75) is 52.0 Å². The van der Waals surface area contributed by atoms with Crippen molar-refractivity contribution in [3.05, 3.63) is 71.1 Å². The number of imide groups is 1. The second-order valence-corrected chi connectivity index (χ2v) is 7.87. The van der Waals surface area contributed by atoms with Gasteiger partial charge in [0.15, 0.2) is 0 Å². The average molecular weight is 397 g/mol. The van der Waals surface area contributed by atoms with Crippen molar-refractivity contribution < 1.29 is 18.7 Å². The summed E-state index contributed by atoms with van der Waals surface area (Å²) in [6.45, 7) is 7.42. The van der Waals surface area contributed by atoms with Crippen LogP contribution >= 0.6 is 0 Å². The Bertz CT molecular complexity index is 848. The fraction of sp³-hybridized carbons (Fsp3) is 0.417. The highest BCUT2D eigenvalue weighted by Gasteiger charge is 2.40. The zero-order valence-electron chi connectivity index (χ0n) is 17.1. The van der Waals surface area contributed by atoms with E-state index < -0.39 is 12.0 Å². The second-order valence-electron chi connectivity index (χ2n) is 7.87. The van der Waals surface area contributed by atoms with Crippen molar-refractivity contribution in [3.8, 4) is 0 Å². The maximum absolute atomic E-state index is 14.0. The first-order chi connectivity index (χ1) is 13.9. The summed E-state index contributed by atoms with van der Waals surface area (Å²) in [5, 5.41) is 0. The summed E-state index contributed by atoms with van der Waals surface area (Å²) in [5.41, 5.74) is 3.12. The topological polar surface area (TPSA) is 46.6 Å². The van der Waals surface area contributed by atoms with E-state index in [2.05, 4.69) is 24.8 Å². The van der Waals surface area contributed by atoms with Crippen molar-refractivity contribution in [2.24, 2.45) is 5.92 Å². The standard InChI is InChI=1S/C24H28FNO3/c1-4-8-20(13-19-11-16(2)22(25)17(3)12-19)23(27)26-21(15-29-24(26)28)14-18-9-6-5-7-10-18/h4,6,9-12,20-21H,1,5,7-8,13-15H2,2-3H3/t20-,21+/m0/s1. The van der Waals surface area contributed by atoms with Crippen LogP contribution in [0.15, 0.2) is 48.6 Å². The number of hydrogen-bond donors (Lipinski definition) is 0. The fourth-order valence-corrected chi connectivity index (χ4v) is 4.08. The van der Waals surface area contributed by atoms with Gasteiger partial charge >= 0.3 is 6.09 Å². The van der Waals surface area contributed by atoms with E-state index in [4.69, 9.17) is 4.74 Å². The van der Waals surface area contributed by atoms with Gasteiger partial charge in [0.1, 0.15) is 12.4 Å². The van der Waals surface area contributed by atoms with Gasteiger partial charge in [-0.1, -0.05) is 42.0 Å². The third kappa shape index (κ3) is 4.84. The zero-order chi connectivity index (χ0) is 21.0. The van der Waals surface area contributed by atoms with E-state index in [1.165, 1.54) is 4.90 Å². The third-order valence-corrected chi connectivity index (χ3v) is 5.52. The number of cyclic esters (lactones) is 1. The van der Waals surface area contributed by atoms with E-state index in [1.54, 1.807) is 32.1 Å². The number of benzene rings is 1. The molecule has 2 aliphatic rings. The molecule has 0 saturated carbocycles. The van der Waals surface area contributed by atoms with Crippen LogP contribution in [0.4, 0.5) is 9.18 Å². The van der Waals surface area contributed by atoms with Crippen LogP contribution in [0.2, 0.25) is 0 Å². The summed E-state index contributed by atoms with van der Waals surface area (Å²) in [4.78, 5) is 26.9. The first kappa shape index (κ1) is 21.0. The van der Waals surface area contributed by atoms with E-state index in [9.17, 15) is 14.0 Å². The van der Waals surface area contributed by atoms with Gasteiger partial charge < -0.3 is 4.74 Å². The first-order valence-corrected chi connectivity index (χ1v) is 10.1. The van der Waals surface area contributed by atoms with E-state index in [0.717, 1.165) is 24.0 Å². The number of halogens is 1. The molecule has 3 rings (SSSR count). The predicted octanol–water partition coefficient (Wildman–Crippen LogP) is 5.19. The van der Waals surface area contributed by atoms with Crippen LogP contribution in [0.3, 0.4) is 0 Å². The monoisotopic (exact) mass is 397 g/mol. The summed E-state index contributed by atoms with van der Waals surface area (Å²) in [6.07, 6.45) is 10.9. The highest BCUT2D eigenvalue weighted by Crippen LogP contribution is 2.27. The highest BCUT2D eigenvalue weighted by molar-refractivity contribution is 5.95. The van der Waals surface area contributed by atoms with Crippen molar-refractivity contribution in [1.82, 2.24) is 4.90 Å². The number of carbonyl (C=O) groups excluding carboxylic acids is 2. The number of amides is 2. The Morgan fingerprint density at radius 2 is 2.07 bits per heavy atom. The molecule has 2 atom stereocenters. The molecule has 1 aromatic rings. The Balaban J connectivity index is 1.79. The molecule has 4 nitrogen and oxygen atoms in total. The molecule has 5 heteroatoms. The minimum absolute atomic E-state index is 0.214. The largest absolute Gasteiger partial charge is 0.447 e. The molecule has 1 saturated heterocycles. The maximum Gasteiger partial charge on any atom is 0.416 e. The van der Waals surface area contributed by atoms with Crippen LogP contribution in [0.25, 0.3) is 0 Å². The van der Waals surface area contributed by atoms with E-state index in [1.807, 2.05) is 0 Å². The number of aryl methyl sites for hydroxylation is 2. The molecule has 1 heterocycles. The number of hydrogen-bond acceptors (Lipinski definition) is 3. The molecule has 2 amide bonds. The van der Waals surface area contributed by atoms with Crippen molar-refractivity contribution in [1.29, 1.82) is 0 Å². The normalized spacial score (nSPS) is 19.7. The van der Waals surface area contributed by atoms with E-state index in [-0.39, 0.29) is 24.4 Å². The lowest BCUT2D eigenvalue weighted by atomic mass is 9.92.